The van der Waals surface area contributed by atoms with E-state index in [2.05, 4.69) is 26.2 Å². The number of aromatic nitrogens is 3. The van der Waals surface area contributed by atoms with Crippen LogP contribution in [0.3, 0.4) is 0 Å². The van der Waals surface area contributed by atoms with Gasteiger partial charge in [-0.3, -0.25) is 4.98 Å². The second kappa shape index (κ2) is 6.04. The topological polar surface area (TPSA) is 71.0 Å². The quantitative estimate of drug-likeness (QED) is 0.559. The van der Waals surface area contributed by atoms with Crippen LogP contribution in [0.4, 0.5) is 5.69 Å². The van der Waals surface area contributed by atoms with Crippen molar-refractivity contribution >= 4 is 16.7 Å². The lowest BCUT2D eigenvalue weighted by Crippen LogP contribution is -1.88. The Bertz CT molecular complexity index is 1010. The lowest BCUT2D eigenvalue weighted by molar-refractivity contribution is 1.20. The Labute approximate surface area is 138 Å². The van der Waals surface area contributed by atoms with Gasteiger partial charge in [0.1, 0.15) is 11.3 Å². The maximum Gasteiger partial charge on any atom is 0.137 e. The molecule has 0 atom stereocenters. The van der Waals surface area contributed by atoms with E-state index in [1.165, 1.54) is 0 Å². The van der Waals surface area contributed by atoms with Gasteiger partial charge in [0.25, 0.3) is 0 Å². The summed E-state index contributed by atoms with van der Waals surface area (Å²) in [4.78, 5) is 22.6. The van der Waals surface area contributed by atoms with Crippen molar-refractivity contribution < 1.29 is 0 Å². The Morgan fingerprint density at radius 1 is 1.04 bits per heavy atom. The van der Waals surface area contributed by atoms with E-state index < -0.39 is 0 Å². The summed E-state index contributed by atoms with van der Waals surface area (Å²) in [5.41, 5.74) is 5.53. The Morgan fingerprint density at radius 3 is 2.83 bits per heavy atom. The highest BCUT2D eigenvalue weighted by Gasteiger charge is 2.08. The van der Waals surface area contributed by atoms with E-state index in [-0.39, 0.29) is 0 Å². The minimum atomic E-state index is 0.446. The molecule has 4 rings (SSSR count). The zero-order valence-electron chi connectivity index (χ0n) is 12.8. The molecule has 4 aromatic rings. The summed E-state index contributed by atoms with van der Waals surface area (Å²) in [6.45, 7) is 0. The number of fused-ring (bicyclic) bond motifs is 1. The van der Waals surface area contributed by atoms with Gasteiger partial charge in [-0.15, -0.1) is 4.91 Å². The van der Waals surface area contributed by atoms with Crippen LogP contribution in [0.2, 0.25) is 0 Å². The molecule has 1 aromatic carbocycles. The van der Waals surface area contributed by atoms with Crippen LogP contribution >= 0.6 is 0 Å². The van der Waals surface area contributed by atoms with Gasteiger partial charge in [-0.25, -0.2) is 4.98 Å². The highest BCUT2D eigenvalue weighted by Crippen LogP contribution is 2.26. The van der Waals surface area contributed by atoms with E-state index in [0.717, 1.165) is 33.3 Å². The van der Waals surface area contributed by atoms with Crippen molar-refractivity contribution in [3.05, 3.63) is 83.3 Å². The first-order chi connectivity index (χ1) is 11.8. The third kappa shape index (κ3) is 2.67. The summed E-state index contributed by atoms with van der Waals surface area (Å²) in [7, 11) is 0. The summed E-state index contributed by atoms with van der Waals surface area (Å²) in [5.74, 6) is 0. The number of hydrogen-bond acceptors (Lipinski definition) is 4. The van der Waals surface area contributed by atoms with E-state index >= 15 is 0 Å². The van der Waals surface area contributed by atoms with Crippen molar-refractivity contribution in [2.45, 2.75) is 6.42 Å². The molecule has 0 fully saturated rings. The standard InChI is InChI=1S/C19H14N4O/c24-23-17-5-1-3-13(8-17)7-16-12-22-19-18(16)9-15(11-21-19)14-4-2-6-20-10-14/h1-6,8-12H,7H2,(H,21,22). The Morgan fingerprint density at radius 2 is 2.00 bits per heavy atom. The molecule has 0 radical (unpaired) electrons. The van der Waals surface area contributed by atoms with Crippen LogP contribution in [0, 0.1) is 4.91 Å². The number of H-pyrrole nitrogens is 1. The SMILES string of the molecule is O=Nc1cccc(Cc2c[nH]c3ncc(-c4cccnc4)cc23)c1. The van der Waals surface area contributed by atoms with Gasteiger partial charge in [0.15, 0.2) is 0 Å². The fourth-order valence-electron chi connectivity index (χ4n) is 2.84. The molecular formula is C19H14N4O. The third-order valence-corrected chi connectivity index (χ3v) is 4.02. The summed E-state index contributed by atoms with van der Waals surface area (Å²) in [6.07, 6.45) is 8.10. The molecule has 24 heavy (non-hydrogen) atoms. The lowest BCUT2D eigenvalue weighted by Gasteiger charge is -2.03. The molecule has 0 bridgehead atoms. The van der Waals surface area contributed by atoms with Crippen molar-refractivity contribution in [1.82, 2.24) is 15.0 Å². The van der Waals surface area contributed by atoms with Crippen LogP contribution in [-0.2, 0) is 6.42 Å². The van der Waals surface area contributed by atoms with E-state index in [4.69, 9.17) is 0 Å². The number of nitrogens with zero attached hydrogens (tertiary/aromatic N) is 3. The average molecular weight is 314 g/mol. The largest absolute Gasteiger partial charge is 0.346 e. The molecule has 3 heterocycles. The Hall–Kier alpha value is -3.34. The summed E-state index contributed by atoms with van der Waals surface area (Å²) in [6, 6.07) is 13.4. The van der Waals surface area contributed by atoms with E-state index in [9.17, 15) is 4.91 Å². The van der Waals surface area contributed by atoms with Crippen LogP contribution < -0.4 is 0 Å². The smallest absolute Gasteiger partial charge is 0.137 e. The molecule has 0 saturated carbocycles. The van der Waals surface area contributed by atoms with Crippen molar-refractivity contribution in [1.29, 1.82) is 0 Å². The highest BCUT2D eigenvalue weighted by atomic mass is 16.3. The number of pyridine rings is 2. The van der Waals surface area contributed by atoms with E-state index in [1.807, 2.05) is 48.9 Å². The number of benzene rings is 1. The van der Waals surface area contributed by atoms with E-state index in [1.54, 1.807) is 12.3 Å². The molecule has 0 amide bonds. The summed E-state index contributed by atoms with van der Waals surface area (Å²) in [5, 5.41) is 4.07. The second-order valence-electron chi connectivity index (χ2n) is 5.61. The molecule has 0 saturated heterocycles. The van der Waals surface area contributed by atoms with Gasteiger partial charge in [0, 0.05) is 41.3 Å². The van der Waals surface area contributed by atoms with Crippen LogP contribution in [0.15, 0.2) is 72.4 Å². The maximum absolute atomic E-state index is 10.7. The average Bonchev–Trinajstić information content (AvgIpc) is 3.05. The Kier molecular flexibility index (Phi) is 3.59. The van der Waals surface area contributed by atoms with Crippen molar-refractivity contribution in [2.24, 2.45) is 5.18 Å². The molecule has 0 spiro atoms. The highest BCUT2D eigenvalue weighted by molar-refractivity contribution is 5.84. The molecule has 3 aromatic heterocycles. The molecule has 1 N–H and O–H groups in total. The normalized spacial score (nSPS) is 10.8. The fraction of sp³-hybridized carbons (Fsp3) is 0.0526. The zero-order valence-corrected chi connectivity index (χ0v) is 12.8. The molecule has 116 valence electrons. The third-order valence-electron chi connectivity index (χ3n) is 4.02. The predicted octanol–water partition coefficient (Wildman–Crippen LogP) is 4.61. The number of aromatic amines is 1. The zero-order chi connectivity index (χ0) is 16.4. The summed E-state index contributed by atoms with van der Waals surface area (Å²) >= 11 is 0. The maximum atomic E-state index is 10.7. The number of nitrogens with one attached hydrogen (secondary N) is 1. The first kappa shape index (κ1) is 14.3. The second-order valence-corrected chi connectivity index (χ2v) is 5.61. The van der Waals surface area contributed by atoms with Gasteiger partial charge >= 0.3 is 0 Å². The minimum absolute atomic E-state index is 0.446. The van der Waals surface area contributed by atoms with Crippen LogP contribution in [0.5, 0.6) is 0 Å². The molecule has 0 aliphatic rings. The van der Waals surface area contributed by atoms with Crippen molar-refractivity contribution in [3.63, 3.8) is 0 Å². The van der Waals surface area contributed by atoms with Gasteiger partial charge in [-0.2, -0.15) is 0 Å². The van der Waals surface area contributed by atoms with Gasteiger partial charge in [-0.05, 0) is 47.0 Å². The first-order valence-electron chi connectivity index (χ1n) is 7.62. The van der Waals surface area contributed by atoms with Gasteiger partial charge in [0.2, 0.25) is 0 Å². The lowest BCUT2D eigenvalue weighted by atomic mass is 10.0. The van der Waals surface area contributed by atoms with Gasteiger partial charge < -0.3 is 4.98 Å². The number of nitroso groups, excluding NO2 is 1. The number of rotatable bonds is 4. The number of hydrogen-bond donors (Lipinski definition) is 1. The minimum Gasteiger partial charge on any atom is -0.346 e. The van der Waals surface area contributed by atoms with Crippen LogP contribution in [0.1, 0.15) is 11.1 Å². The van der Waals surface area contributed by atoms with Gasteiger partial charge in [0.05, 0.1) is 0 Å². The van der Waals surface area contributed by atoms with Gasteiger partial charge in [-0.1, -0.05) is 18.2 Å². The molecular weight excluding hydrogens is 300 g/mol. The van der Waals surface area contributed by atoms with Crippen molar-refractivity contribution in [3.8, 4) is 11.1 Å². The first-order valence-corrected chi connectivity index (χ1v) is 7.62. The Balaban J connectivity index is 1.74. The summed E-state index contributed by atoms with van der Waals surface area (Å²) < 4.78 is 0. The molecule has 5 heteroatoms. The van der Waals surface area contributed by atoms with Crippen molar-refractivity contribution in [2.75, 3.05) is 0 Å². The van der Waals surface area contributed by atoms with Crippen LogP contribution in [0.25, 0.3) is 22.2 Å². The fourth-order valence-corrected chi connectivity index (χ4v) is 2.84. The van der Waals surface area contributed by atoms with E-state index in [0.29, 0.717) is 12.1 Å². The molecule has 0 unspecified atom stereocenters. The molecule has 5 nitrogen and oxygen atoms in total. The molecule has 0 aliphatic heterocycles. The van der Waals surface area contributed by atoms with Crippen LogP contribution in [-0.4, -0.2) is 15.0 Å². The predicted molar refractivity (Wildman–Crippen MR) is 94.0 cm³/mol. The molecule has 0 aliphatic carbocycles. The monoisotopic (exact) mass is 314 g/mol.